The molecule has 2 N–H and O–H groups in total. The average Bonchev–Trinajstić information content (AvgIpc) is 2.05. The molecule has 0 aliphatic heterocycles. The maximum atomic E-state index is 11.4. The Morgan fingerprint density at radius 2 is 2.08 bits per heavy atom. The third kappa shape index (κ3) is 3.72. The molecule has 0 aromatic heterocycles. The smallest absolute Gasteiger partial charge is 0.239 e. The van der Waals surface area contributed by atoms with Crippen molar-refractivity contribution in [1.29, 1.82) is 0 Å². The molecule has 0 saturated carbocycles. The van der Waals surface area contributed by atoms with Gasteiger partial charge in [0.15, 0.2) is 0 Å². The standard InChI is InChI=1S/C9H20N2O/c1-4-6-7-11(5-2)9(12)8(3)10/h8H,4-7,10H2,1-3H3. The van der Waals surface area contributed by atoms with Crippen LogP contribution in [0.3, 0.4) is 0 Å². The first-order chi connectivity index (χ1) is 5.63. The van der Waals surface area contributed by atoms with Crippen molar-refractivity contribution in [2.75, 3.05) is 13.1 Å². The molecule has 0 aromatic carbocycles. The fourth-order valence-corrected chi connectivity index (χ4v) is 1.06. The zero-order valence-corrected chi connectivity index (χ0v) is 8.34. The minimum absolute atomic E-state index is 0.0611. The van der Waals surface area contributed by atoms with Gasteiger partial charge in [-0.25, -0.2) is 0 Å². The van der Waals surface area contributed by atoms with Crippen LogP contribution in [0, 0.1) is 0 Å². The molecular formula is C9H20N2O. The van der Waals surface area contributed by atoms with E-state index in [1.54, 1.807) is 6.92 Å². The Labute approximate surface area is 74.9 Å². The molecule has 0 rings (SSSR count). The first kappa shape index (κ1) is 11.4. The van der Waals surface area contributed by atoms with Gasteiger partial charge >= 0.3 is 0 Å². The van der Waals surface area contributed by atoms with Gasteiger partial charge in [0.05, 0.1) is 6.04 Å². The van der Waals surface area contributed by atoms with Crippen LogP contribution in [0.2, 0.25) is 0 Å². The molecule has 0 saturated heterocycles. The number of rotatable bonds is 5. The highest BCUT2D eigenvalue weighted by atomic mass is 16.2. The Morgan fingerprint density at radius 3 is 2.42 bits per heavy atom. The second-order valence-electron chi connectivity index (χ2n) is 3.06. The minimum atomic E-state index is -0.359. The maximum absolute atomic E-state index is 11.4. The van der Waals surface area contributed by atoms with Gasteiger partial charge in [-0.2, -0.15) is 0 Å². The summed E-state index contributed by atoms with van der Waals surface area (Å²) in [6, 6.07) is -0.359. The summed E-state index contributed by atoms with van der Waals surface area (Å²) >= 11 is 0. The lowest BCUT2D eigenvalue weighted by molar-refractivity contribution is -0.132. The fraction of sp³-hybridized carbons (Fsp3) is 0.889. The second-order valence-corrected chi connectivity index (χ2v) is 3.06. The van der Waals surface area contributed by atoms with Gasteiger partial charge in [-0.05, 0) is 20.3 Å². The van der Waals surface area contributed by atoms with E-state index < -0.39 is 0 Å². The van der Waals surface area contributed by atoms with E-state index in [1.165, 1.54) is 0 Å². The lowest BCUT2D eigenvalue weighted by Crippen LogP contribution is -2.42. The van der Waals surface area contributed by atoms with Crippen LogP contribution in [0.4, 0.5) is 0 Å². The number of carbonyl (C=O) groups is 1. The molecule has 0 aliphatic rings. The first-order valence-corrected chi connectivity index (χ1v) is 4.67. The summed E-state index contributed by atoms with van der Waals surface area (Å²) in [6.45, 7) is 7.44. The number of carbonyl (C=O) groups excluding carboxylic acids is 1. The predicted molar refractivity (Wildman–Crippen MR) is 50.8 cm³/mol. The molecule has 72 valence electrons. The van der Waals surface area contributed by atoms with E-state index in [4.69, 9.17) is 5.73 Å². The molecule has 0 aliphatic carbocycles. The molecule has 1 atom stereocenters. The van der Waals surface area contributed by atoms with Crippen LogP contribution in [-0.2, 0) is 4.79 Å². The van der Waals surface area contributed by atoms with Crippen LogP contribution in [-0.4, -0.2) is 29.9 Å². The summed E-state index contributed by atoms with van der Waals surface area (Å²) in [4.78, 5) is 13.2. The Kier molecular flexibility index (Phi) is 5.72. The third-order valence-corrected chi connectivity index (χ3v) is 1.86. The average molecular weight is 172 g/mol. The van der Waals surface area contributed by atoms with Crippen LogP contribution in [0.1, 0.15) is 33.6 Å². The third-order valence-electron chi connectivity index (χ3n) is 1.86. The van der Waals surface area contributed by atoms with Gasteiger partial charge in [0.2, 0.25) is 5.91 Å². The minimum Gasteiger partial charge on any atom is -0.342 e. The van der Waals surface area contributed by atoms with Gasteiger partial charge in [0, 0.05) is 13.1 Å². The Bertz CT molecular complexity index is 134. The molecular weight excluding hydrogens is 152 g/mol. The zero-order chi connectivity index (χ0) is 9.56. The van der Waals surface area contributed by atoms with Gasteiger partial charge in [-0.1, -0.05) is 13.3 Å². The number of nitrogens with two attached hydrogens (primary N) is 1. The number of hydrogen-bond acceptors (Lipinski definition) is 2. The molecule has 0 spiro atoms. The first-order valence-electron chi connectivity index (χ1n) is 4.67. The SMILES string of the molecule is CCCCN(CC)C(=O)C(C)N. The van der Waals surface area contributed by atoms with Crippen LogP contribution >= 0.6 is 0 Å². The molecule has 3 nitrogen and oxygen atoms in total. The zero-order valence-electron chi connectivity index (χ0n) is 8.34. The molecule has 0 aromatic rings. The summed E-state index contributed by atoms with van der Waals surface area (Å²) in [5, 5.41) is 0. The highest BCUT2D eigenvalue weighted by Gasteiger charge is 2.14. The monoisotopic (exact) mass is 172 g/mol. The van der Waals surface area contributed by atoms with Crippen molar-refractivity contribution in [3.63, 3.8) is 0 Å². The largest absolute Gasteiger partial charge is 0.342 e. The summed E-state index contributed by atoms with van der Waals surface area (Å²) in [7, 11) is 0. The van der Waals surface area contributed by atoms with E-state index in [9.17, 15) is 4.79 Å². The van der Waals surface area contributed by atoms with E-state index in [1.807, 2.05) is 11.8 Å². The van der Waals surface area contributed by atoms with Gasteiger partial charge in [-0.3, -0.25) is 4.79 Å². The van der Waals surface area contributed by atoms with Crippen molar-refractivity contribution in [1.82, 2.24) is 4.90 Å². The molecule has 12 heavy (non-hydrogen) atoms. The Morgan fingerprint density at radius 1 is 1.50 bits per heavy atom. The normalized spacial score (nSPS) is 12.7. The number of nitrogens with zero attached hydrogens (tertiary/aromatic N) is 1. The van der Waals surface area contributed by atoms with E-state index in [2.05, 4.69) is 6.92 Å². The summed E-state index contributed by atoms with van der Waals surface area (Å²) in [5.74, 6) is 0.0611. The van der Waals surface area contributed by atoms with Crippen LogP contribution in [0.15, 0.2) is 0 Å². The lowest BCUT2D eigenvalue weighted by atomic mass is 10.2. The number of hydrogen-bond donors (Lipinski definition) is 1. The highest BCUT2D eigenvalue weighted by Crippen LogP contribution is 1.97. The molecule has 0 radical (unpaired) electrons. The lowest BCUT2D eigenvalue weighted by Gasteiger charge is -2.22. The summed E-state index contributed by atoms with van der Waals surface area (Å²) in [5.41, 5.74) is 5.49. The van der Waals surface area contributed by atoms with Crippen molar-refractivity contribution >= 4 is 5.91 Å². The molecule has 0 fully saturated rings. The van der Waals surface area contributed by atoms with Crippen molar-refractivity contribution < 1.29 is 4.79 Å². The van der Waals surface area contributed by atoms with E-state index in [0.717, 1.165) is 25.9 Å². The molecule has 0 heterocycles. The Hall–Kier alpha value is -0.570. The van der Waals surface area contributed by atoms with Gasteiger partial charge in [-0.15, -0.1) is 0 Å². The number of unbranched alkanes of at least 4 members (excludes halogenated alkanes) is 1. The second kappa shape index (κ2) is 6.00. The molecule has 1 amide bonds. The van der Waals surface area contributed by atoms with Crippen LogP contribution in [0.25, 0.3) is 0 Å². The van der Waals surface area contributed by atoms with Crippen molar-refractivity contribution in [3.05, 3.63) is 0 Å². The van der Waals surface area contributed by atoms with Crippen molar-refractivity contribution in [2.45, 2.75) is 39.7 Å². The van der Waals surface area contributed by atoms with E-state index >= 15 is 0 Å². The van der Waals surface area contributed by atoms with Crippen LogP contribution in [0.5, 0.6) is 0 Å². The molecule has 1 unspecified atom stereocenters. The van der Waals surface area contributed by atoms with Crippen molar-refractivity contribution in [3.8, 4) is 0 Å². The number of amides is 1. The van der Waals surface area contributed by atoms with Crippen molar-refractivity contribution in [2.24, 2.45) is 5.73 Å². The summed E-state index contributed by atoms with van der Waals surface area (Å²) in [6.07, 6.45) is 2.18. The van der Waals surface area contributed by atoms with E-state index in [-0.39, 0.29) is 11.9 Å². The van der Waals surface area contributed by atoms with Gasteiger partial charge in [0.25, 0.3) is 0 Å². The van der Waals surface area contributed by atoms with Gasteiger partial charge in [0.1, 0.15) is 0 Å². The topological polar surface area (TPSA) is 46.3 Å². The predicted octanol–water partition coefficient (Wildman–Crippen LogP) is 0.982. The van der Waals surface area contributed by atoms with Gasteiger partial charge < -0.3 is 10.6 Å². The quantitative estimate of drug-likeness (QED) is 0.672. The summed E-state index contributed by atoms with van der Waals surface area (Å²) < 4.78 is 0. The van der Waals surface area contributed by atoms with Crippen LogP contribution < -0.4 is 5.73 Å². The maximum Gasteiger partial charge on any atom is 0.239 e. The molecule has 0 bridgehead atoms. The number of likely N-dealkylation sites (N-methyl/N-ethyl adjacent to an activating group) is 1. The highest BCUT2D eigenvalue weighted by molar-refractivity contribution is 5.81. The fourth-order valence-electron chi connectivity index (χ4n) is 1.06. The molecule has 3 heteroatoms. The van der Waals surface area contributed by atoms with E-state index in [0.29, 0.717) is 0 Å². The Balaban J connectivity index is 3.88.